The van der Waals surface area contributed by atoms with Crippen LogP contribution in [0.15, 0.2) is 146 Å². The van der Waals surface area contributed by atoms with Crippen LogP contribution in [0.4, 0.5) is 0 Å². The Hall–Kier alpha value is -5.24. The van der Waals surface area contributed by atoms with Gasteiger partial charge >= 0.3 is 0 Å². The van der Waals surface area contributed by atoms with Crippen LogP contribution in [0, 0.1) is 0 Å². The van der Waals surface area contributed by atoms with E-state index in [2.05, 4.69) is 166 Å². The monoisotopic (exact) mass is 630 g/mol. The van der Waals surface area contributed by atoms with Crippen molar-refractivity contribution in [1.29, 1.82) is 0 Å². The molecule has 0 spiro atoms. The van der Waals surface area contributed by atoms with E-state index in [0.717, 1.165) is 6.42 Å². The van der Waals surface area contributed by atoms with Gasteiger partial charge in [-0.15, -0.1) is 11.3 Å². The molecule has 228 valence electrons. The third-order valence-electron chi connectivity index (χ3n) is 11.1. The van der Waals surface area contributed by atoms with Crippen LogP contribution in [0.2, 0.25) is 0 Å². The van der Waals surface area contributed by atoms with E-state index in [-0.39, 0.29) is 5.41 Å². The van der Waals surface area contributed by atoms with Gasteiger partial charge in [0.05, 0.1) is 0 Å². The molecular weight excluding hydrogens is 597 g/mol. The topological polar surface area (TPSA) is 0 Å². The fraction of sp³-hybridized carbons (Fsp3) is 0.106. The third kappa shape index (κ3) is 3.95. The van der Waals surface area contributed by atoms with E-state index in [1.54, 1.807) is 0 Å². The summed E-state index contributed by atoms with van der Waals surface area (Å²) in [5.74, 6) is 0.403. The number of hydrogen-bond donors (Lipinski definition) is 0. The maximum Gasteiger partial charge on any atom is 0.0352 e. The summed E-state index contributed by atoms with van der Waals surface area (Å²) in [6.07, 6.45) is 5.73. The Morgan fingerprint density at radius 1 is 0.521 bits per heavy atom. The SMILES string of the molecule is CC1(C)c2ccccc2-c2ccc(-c3ccc(-c4ccc(C5CC=Cc6c5sc5ccccc65)cc4)c4ccccc34)c3cccc1c23. The second-order valence-electron chi connectivity index (χ2n) is 14.0. The first-order chi connectivity index (χ1) is 23.6. The van der Waals surface area contributed by atoms with Crippen LogP contribution in [0.3, 0.4) is 0 Å². The van der Waals surface area contributed by atoms with Crippen LogP contribution in [-0.2, 0) is 5.41 Å². The van der Waals surface area contributed by atoms with Gasteiger partial charge in [-0.3, -0.25) is 0 Å². The normalized spacial score (nSPS) is 15.9. The Morgan fingerprint density at radius 3 is 1.98 bits per heavy atom. The van der Waals surface area contributed by atoms with Crippen LogP contribution in [0.25, 0.3) is 71.1 Å². The van der Waals surface area contributed by atoms with Gasteiger partial charge in [0.1, 0.15) is 0 Å². The van der Waals surface area contributed by atoms with E-state index in [4.69, 9.17) is 0 Å². The van der Waals surface area contributed by atoms with Crippen LogP contribution in [-0.4, -0.2) is 0 Å². The predicted molar refractivity (Wildman–Crippen MR) is 207 cm³/mol. The van der Waals surface area contributed by atoms with Gasteiger partial charge in [-0.05, 0) is 95.1 Å². The third-order valence-corrected chi connectivity index (χ3v) is 12.4. The Labute approximate surface area is 285 Å². The predicted octanol–water partition coefficient (Wildman–Crippen LogP) is 13.4. The Bertz CT molecular complexity index is 2610. The molecule has 7 aromatic carbocycles. The molecule has 2 aliphatic rings. The highest BCUT2D eigenvalue weighted by Gasteiger charge is 2.33. The number of fused-ring (bicyclic) bond motifs is 6. The average Bonchev–Trinajstić information content (AvgIpc) is 3.53. The molecule has 1 aromatic heterocycles. The highest BCUT2D eigenvalue weighted by Crippen LogP contribution is 2.51. The molecule has 0 saturated carbocycles. The lowest BCUT2D eigenvalue weighted by atomic mass is 9.68. The highest BCUT2D eigenvalue weighted by atomic mass is 32.1. The number of thiophene rings is 1. The molecule has 0 aliphatic heterocycles. The maximum atomic E-state index is 2.37. The van der Waals surface area contributed by atoms with Gasteiger partial charge < -0.3 is 0 Å². The van der Waals surface area contributed by atoms with Crippen molar-refractivity contribution in [3.05, 3.63) is 173 Å². The standard InChI is InChI=1S/C47H34S/c1-47(2)42-18-7-5-13-37(42)40-28-27-36(39-16-10-19-43(47)45(39)40)35-26-25-31(33-11-3-4-12-34(33)35)29-21-23-30(24-22-29)32-15-9-17-41-38-14-6-8-20-44(38)48-46(32)41/h3-14,16-28,32H,15H2,1-2H3. The van der Waals surface area contributed by atoms with Crippen molar-refractivity contribution in [3.63, 3.8) is 0 Å². The van der Waals surface area contributed by atoms with E-state index in [1.807, 2.05) is 11.3 Å². The van der Waals surface area contributed by atoms with Gasteiger partial charge in [0.15, 0.2) is 0 Å². The summed E-state index contributed by atoms with van der Waals surface area (Å²) in [7, 11) is 0. The van der Waals surface area contributed by atoms with E-state index < -0.39 is 0 Å². The molecule has 0 bridgehead atoms. The molecule has 48 heavy (non-hydrogen) atoms. The minimum absolute atomic E-state index is 0.0632. The van der Waals surface area contributed by atoms with Gasteiger partial charge in [-0.2, -0.15) is 0 Å². The van der Waals surface area contributed by atoms with Crippen LogP contribution < -0.4 is 0 Å². The van der Waals surface area contributed by atoms with Gasteiger partial charge in [-0.25, -0.2) is 0 Å². The summed E-state index contributed by atoms with van der Waals surface area (Å²) in [4.78, 5) is 1.49. The summed E-state index contributed by atoms with van der Waals surface area (Å²) in [6, 6.07) is 52.5. The van der Waals surface area contributed by atoms with Gasteiger partial charge in [0, 0.05) is 20.9 Å². The average molecular weight is 631 g/mol. The van der Waals surface area contributed by atoms with E-state index in [1.165, 1.54) is 92.1 Å². The second kappa shape index (κ2) is 10.4. The summed E-state index contributed by atoms with van der Waals surface area (Å²) in [6.45, 7) is 4.75. The van der Waals surface area contributed by atoms with Crippen molar-refractivity contribution in [3.8, 4) is 33.4 Å². The number of allylic oxidation sites excluding steroid dienone is 1. The Kier molecular flexibility index (Phi) is 6.02. The van der Waals surface area contributed by atoms with Gasteiger partial charge in [0.2, 0.25) is 0 Å². The molecule has 1 heterocycles. The summed E-state index contributed by atoms with van der Waals surface area (Å²) in [5, 5.41) is 6.69. The lowest BCUT2D eigenvalue weighted by Gasteiger charge is -2.35. The van der Waals surface area contributed by atoms with Crippen LogP contribution in [0.1, 0.15) is 53.3 Å². The molecular formula is C47H34S. The first kappa shape index (κ1) is 27.8. The summed E-state index contributed by atoms with van der Waals surface area (Å²) < 4.78 is 1.38. The lowest BCUT2D eigenvalue weighted by molar-refractivity contribution is 0.645. The highest BCUT2D eigenvalue weighted by molar-refractivity contribution is 7.19. The zero-order valence-electron chi connectivity index (χ0n) is 27.1. The lowest BCUT2D eigenvalue weighted by Crippen LogP contribution is -2.23. The Balaban J connectivity index is 1.08. The summed E-state index contributed by atoms with van der Waals surface area (Å²) >= 11 is 1.96. The molecule has 0 amide bonds. The van der Waals surface area contributed by atoms with Crippen LogP contribution >= 0.6 is 11.3 Å². The second-order valence-corrected chi connectivity index (χ2v) is 15.0. The Morgan fingerprint density at radius 2 is 1.15 bits per heavy atom. The van der Waals surface area contributed by atoms with Crippen molar-refractivity contribution < 1.29 is 0 Å². The molecule has 2 aliphatic carbocycles. The molecule has 10 rings (SSSR count). The van der Waals surface area contributed by atoms with Gasteiger partial charge in [-0.1, -0.05) is 159 Å². The molecule has 1 unspecified atom stereocenters. The van der Waals surface area contributed by atoms with Gasteiger partial charge in [0.25, 0.3) is 0 Å². The van der Waals surface area contributed by atoms with Crippen molar-refractivity contribution >= 4 is 49.0 Å². The first-order valence-electron chi connectivity index (χ1n) is 17.0. The largest absolute Gasteiger partial charge is 0.139 e. The molecule has 1 atom stereocenters. The fourth-order valence-corrected chi connectivity index (χ4v) is 10.0. The molecule has 0 fully saturated rings. The molecule has 0 N–H and O–H groups in total. The maximum absolute atomic E-state index is 2.37. The van der Waals surface area contributed by atoms with E-state index >= 15 is 0 Å². The van der Waals surface area contributed by atoms with Crippen molar-refractivity contribution in [2.24, 2.45) is 0 Å². The molecule has 8 aromatic rings. The minimum atomic E-state index is -0.0632. The van der Waals surface area contributed by atoms with E-state index in [9.17, 15) is 0 Å². The van der Waals surface area contributed by atoms with E-state index in [0.29, 0.717) is 5.92 Å². The minimum Gasteiger partial charge on any atom is -0.139 e. The first-order valence-corrected chi connectivity index (χ1v) is 17.9. The molecule has 0 nitrogen and oxygen atoms in total. The summed E-state index contributed by atoms with van der Waals surface area (Å²) in [5.41, 5.74) is 13.4. The molecule has 1 heteroatoms. The number of hydrogen-bond acceptors (Lipinski definition) is 1. The number of rotatable bonds is 3. The quantitative estimate of drug-likeness (QED) is 0.182. The van der Waals surface area contributed by atoms with Crippen molar-refractivity contribution in [1.82, 2.24) is 0 Å². The molecule has 0 radical (unpaired) electrons. The zero-order valence-corrected chi connectivity index (χ0v) is 27.9. The smallest absolute Gasteiger partial charge is 0.0352 e. The fourth-order valence-electron chi connectivity index (χ4n) is 8.71. The number of benzene rings is 7. The van der Waals surface area contributed by atoms with Crippen molar-refractivity contribution in [2.75, 3.05) is 0 Å². The van der Waals surface area contributed by atoms with Crippen LogP contribution in [0.5, 0.6) is 0 Å². The zero-order chi connectivity index (χ0) is 32.0. The molecule has 0 saturated heterocycles. The van der Waals surface area contributed by atoms with Crippen molar-refractivity contribution in [2.45, 2.75) is 31.6 Å².